The first kappa shape index (κ1) is 22.0. The lowest BCUT2D eigenvalue weighted by Gasteiger charge is -2.14. The molecule has 0 aromatic carbocycles. The number of aliphatic hydroxyl groups excluding tert-OH is 1. The molecule has 1 unspecified atom stereocenters. The number of carboxylic acids is 2. The number of carboxylic acid groups (broad SMARTS) is 2. The van der Waals surface area contributed by atoms with Gasteiger partial charge in [-0.2, -0.15) is 13.2 Å². The summed E-state index contributed by atoms with van der Waals surface area (Å²) in [5, 5.41) is 24.4. The van der Waals surface area contributed by atoms with Crippen molar-refractivity contribution in [3.8, 4) is 0 Å². The maximum absolute atomic E-state index is 10.6. The highest BCUT2D eigenvalue weighted by Gasteiger charge is 2.38. The molecule has 0 aromatic heterocycles. The SMILES string of the molecule is CCCCC(CCCO)CCC(=O)O.O=C(O)C(F)(F)F. The quantitative estimate of drug-likeness (QED) is 0.607. The molecule has 0 radical (unpaired) electrons. The number of halogens is 3. The largest absolute Gasteiger partial charge is 0.490 e. The molecule has 0 spiro atoms. The van der Waals surface area contributed by atoms with Crippen LogP contribution in [0.4, 0.5) is 13.2 Å². The second-order valence-electron chi connectivity index (χ2n) is 4.61. The van der Waals surface area contributed by atoms with Crippen LogP contribution in [-0.2, 0) is 9.59 Å². The van der Waals surface area contributed by atoms with Crippen LogP contribution in [0, 0.1) is 5.92 Å². The van der Waals surface area contributed by atoms with Gasteiger partial charge in [0.25, 0.3) is 0 Å². The van der Waals surface area contributed by atoms with Gasteiger partial charge in [0.2, 0.25) is 0 Å². The Morgan fingerprint density at radius 1 is 1.05 bits per heavy atom. The molecule has 0 heterocycles. The lowest BCUT2D eigenvalue weighted by molar-refractivity contribution is -0.192. The van der Waals surface area contributed by atoms with E-state index in [1.807, 2.05) is 0 Å². The average molecular weight is 316 g/mol. The fourth-order valence-electron chi connectivity index (χ4n) is 1.63. The van der Waals surface area contributed by atoms with E-state index in [4.69, 9.17) is 20.1 Å². The predicted octanol–water partition coefficient (Wildman–Crippen LogP) is 3.06. The molecule has 0 aliphatic heterocycles. The van der Waals surface area contributed by atoms with Gasteiger partial charge >= 0.3 is 18.1 Å². The Morgan fingerprint density at radius 2 is 1.52 bits per heavy atom. The van der Waals surface area contributed by atoms with Gasteiger partial charge in [-0.3, -0.25) is 4.79 Å². The maximum atomic E-state index is 10.6. The zero-order chi connectivity index (χ0) is 16.9. The van der Waals surface area contributed by atoms with Crippen molar-refractivity contribution in [2.24, 2.45) is 5.92 Å². The molecule has 0 aliphatic rings. The molecular formula is C13H23F3O5. The van der Waals surface area contributed by atoms with Gasteiger partial charge in [0, 0.05) is 13.0 Å². The Hall–Kier alpha value is -1.31. The fourth-order valence-corrected chi connectivity index (χ4v) is 1.63. The fraction of sp³-hybridized carbons (Fsp3) is 0.846. The van der Waals surface area contributed by atoms with E-state index < -0.39 is 18.1 Å². The lowest BCUT2D eigenvalue weighted by atomic mass is 9.92. The second-order valence-corrected chi connectivity index (χ2v) is 4.61. The zero-order valence-corrected chi connectivity index (χ0v) is 12.0. The lowest BCUT2D eigenvalue weighted by Crippen LogP contribution is -2.21. The average Bonchev–Trinajstić information content (AvgIpc) is 2.37. The van der Waals surface area contributed by atoms with E-state index in [9.17, 15) is 18.0 Å². The highest BCUT2D eigenvalue weighted by atomic mass is 19.4. The number of hydrogen-bond acceptors (Lipinski definition) is 3. The molecule has 5 nitrogen and oxygen atoms in total. The van der Waals surface area contributed by atoms with E-state index in [1.165, 1.54) is 0 Å². The van der Waals surface area contributed by atoms with Gasteiger partial charge in [0.15, 0.2) is 0 Å². The van der Waals surface area contributed by atoms with Crippen LogP contribution in [0.2, 0.25) is 0 Å². The summed E-state index contributed by atoms with van der Waals surface area (Å²) in [6, 6.07) is 0. The molecule has 3 N–H and O–H groups in total. The number of aliphatic hydroxyl groups is 1. The van der Waals surface area contributed by atoms with Crippen LogP contribution in [0.25, 0.3) is 0 Å². The number of carbonyl (C=O) groups is 2. The van der Waals surface area contributed by atoms with Crippen molar-refractivity contribution >= 4 is 11.9 Å². The highest BCUT2D eigenvalue weighted by molar-refractivity contribution is 5.73. The zero-order valence-electron chi connectivity index (χ0n) is 12.0. The predicted molar refractivity (Wildman–Crippen MR) is 69.9 cm³/mol. The number of rotatable bonds is 9. The topological polar surface area (TPSA) is 94.8 Å². The summed E-state index contributed by atoms with van der Waals surface area (Å²) < 4.78 is 31.7. The van der Waals surface area contributed by atoms with Crippen LogP contribution < -0.4 is 0 Å². The van der Waals surface area contributed by atoms with Gasteiger partial charge in [-0.15, -0.1) is 0 Å². The van der Waals surface area contributed by atoms with E-state index in [0.29, 0.717) is 5.92 Å². The Balaban J connectivity index is 0. The summed E-state index contributed by atoms with van der Waals surface area (Å²) in [7, 11) is 0. The number of aliphatic carboxylic acids is 2. The van der Waals surface area contributed by atoms with Crippen LogP contribution in [0.3, 0.4) is 0 Å². The first-order valence-electron chi connectivity index (χ1n) is 6.77. The monoisotopic (exact) mass is 316 g/mol. The van der Waals surface area contributed by atoms with Crippen molar-refractivity contribution in [3.05, 3.63) is 0 Å². The molecular weight excluding hydrogens is 293 g/mol. The molecule has 0 amide bonds. The Bertz CT molecular complexity index is 284. The standard InChI is InChI=1S/C11H22O3.C2HF3O2/c1-2-3-5-10(6-4-9-12)7-8-11(13)14;3-2(4,5)1(6)7/h10,12H,2-9H2,1H3,(H,13,14);(H,6,7). The second kappa shape index (κ2) is 12.4. The molecule has 0 aromatic rings. The van der Waals surface area contributed by atoms with Crippen LogP contribution in [0.1, 0.15) is 51.9 Å². The van der Waals surface area contributed by atoms with Gasteiger partial charge in [0.1, 0.15) is 0 Å². The summed E-state index contributed by atoms with van der Waals surface area (Å²) in [6.45, 7) is 2.36. The molecule has 8 heteroatoms. The van der Waals surface area contributed by atoms with Gasteiger partial charge in [0.05, 0.1) is 0 Å². The van der Waals surface area contributed by atoms with Crippen LogP contribution in [0.15, 0.2) is 0 Å². The first-order chi connectivity index (χ1) is 9.65. The minimum Gasteiger partial charge on any atom is -0.481 e. The van der Waals surface area contributed by atoms with Crippen molar-refractivity contribution in [1.29, 1.82) is 0 Å². The molecule has 21 heavy (non-hydrogen) atoms. The molecule has 0 saturated carbocycles. The van der Waals surface area contributed by atoms with Crippen molar-refractivity contribution in [3.63, 3.8) is 0 Å². The molecule has 0 bridgehead atoms. The van der Waals surface area contributed by atoms with Gasteiger partial charge in [-0.25, -0.2) is 4.79 Å². The summed E-state index contributed by atoms with van der Waals surface area (Å²) in [6.07, 6.45) is 1.12. The minimum absolute atomic E-state index is 0.218. The minimum atomic E-state index is -5.08. The first-order valence-corrected chi connectivity index (χ1v) is 6.77. The smallest absolute Gasteiger partial charge is 0.481 e. The van der Waals surface area contributed by atoms with E-state index in [0.717, 1.165) is 38.5 Å². The maximum Gasteiger partial charge on any atom is 0.490 e. The van der Waals surface area contributed by atoms with E-state index in [2.05, 4.69) is 6.92 Å². The summed E-state index contributed by atoms with van der Waals surface area (Å²) in [5.41, 5.74) is 0. The molecule has 0 aliphatic carbocycles. The normalized spacial score (nSPS) is 12.2. The van der Waals surface area contributed by atoms with Crippen molar-refractivity contribution in [1.82, 2.24) is 0 Å². The summed E-state index contributed by atoms with van der Waals surface area (Å²) in [5.74, 6) is -2.99. The third-order valence-electron chi connectivity index (χ3n) is 2.75. The summed E-state index contributed by atoms with van der Waals surface area (Å²) >= 11 is 0. The van der Waals surface area contributed by atoms with Crippen molar-refractivity contribution in [2.75, 3.05) is 6.61 Å². The van der Waals surface area contributed by atoms with E-state index in [1.54, 1.807) is 0 Å². The number of hydrogen-bond donors (Lipinski definition) is 3. The van der Waals surface area contributed by atoms with E-state index in [-0.39, 0.29) is 13.0 Å². The van der Waals surface area contributed by atoms with Crippen LogP contribution in [-0.4, -0.2) is 40.0 Å². The van der Waals surface area contributed by atoms with Crippen LogP contribution in [0.5, 0.6) is 0 Å². The molecule has 0 rings (SSSR count). The Kier molecular flexibility index (Phi) is 13.0. The van der Waals surface area contributed by atoms with Gasteiger partial charge in [-0.1, -0.05) is 26.2 Å². The highest BCUT2D eigenvalue weighted by Crippen LogP contribution is 2.20. The molecule has 0 fully saturated rings. The third kappa shape index (κ3) is 16.6. The van der Waals surface area contributed by atoms with Crippen molar-refractivity contribution < 1.29 is 38.1 Å². The summed E-state index contributed by atoms with van der Waals surface area (Å²) in [4.78, 5) is 19.3. The number of unbranched alkanes of at least 4 members (excludes halogenated alkanes) is 1. The van der Waals surface area contributed by atoms with Crippen molar-refractivity contribution in [2.45, 2.75) is 58.0 Å². The van der Waals surface area contributed by atoms with E-state index >= 15 is 0 Å². The molecule has 1 atom stereocenters. The number of alkyl halides is 3. The Morgan fingerprint density at radius 3 is 1.86 bits per heavy atom. The van der Waals surface area contributed by atoms with Crippen LogP contribution >= 0.6 is 0 Å². The third-order valence-corrected chi connectivity index (χ3v) is 2.75. The Labute approximate surface area is 121 Å². The molecule has 126 valence electrons. The molecule has 0 saturated heterocycles. The van der Waals surface area contributed by atoms with Gasteiger partial charge < -0.3 is 15.3 Å². The van der Waals surface area contributed by atoms with Gasteiger partial charge in [-0.05, 0) is 25.2 Å².